The second-order valence-corrected chi connectivity index (χ2v) is 7.26. The zero-order valence-corrected chi connectivity index (χ0v) is 11.9. The van der Waals surface area contributed by atoms with Crippen molar-refractivity contribution in [2.45, 2.75) is 13.8 Å². The van der Waals surface area contributed by atoms with Gasteiger partial charge in [-0.05, 0) is 26.0 Å². The van der Waals surface area contributed by atoms with Gasteiger partial charge in [0.15, 0.2) is 0 Å². The van der Waals surface area contributed by atoms with E-state index in [4.69, 9.17) is 0 Å². The minimum absolute atomic E-state index is 1.39. The summed E-state index contributed by atoms with van der Waals surface area (Å²) < 4.78 is 2.88. The first-order valence-corrected chi connectivity index (χ1v) is 7.68. The smallest absolute Gasteiger partial charge is 0.0431 e. The van der Waals surface area contributed by atoms with Gasteiger partial charge in [-0.25, -0.2) is 0 Å². The standard InChI is InChI=1S/C16H12S2/c1-9-7-13-14-8-10(2)18-16(14)12-6-4-3-5-11(12)15(13)17-9/h3-8H,1-2H3. The molecular weight excluding hydrogens is 256 g/mol. The van der Waals surface area contributed by atoms with Crippen LogP contribution >= 0.6 is 22.7 Å². The normalized spacial score (nSPS) is 11.9. The minimum Gasteiger partial charge on any atom is -0.140 e. The van der Waals surface area contributed by atoms with E-state index >= 15 is 0 Å². The lowest BCUT2D eigenvalue weighted by atomic mass is 10.0. The average Bonchev–Trinajstić information content (AvgIpc) is 2.92. The van der Waals surface area contributed by atoms with E-state index in [9.17, 15) is 0 Å². The van der Waals surface area contributed by atoms with Crippen molar-refractivity contribution in [3.8, 4) is 0 Å². The molecule has 0 bridgehead atoms. The van der Waals surface area contributed by atoms with Gasteiger partial charge in [0.2, 0.25) is 0 Å². The zero-order chi connectivity index (χ0) is 12.3. The van der Waals surface area contributed by atoms with Crippen LogP contribution in [-0.4, -0.2) is 0 Å². The van der Waals surface area contributed by atoms with Crippen LogP contribution in [0.3, 0.4) is 0 Å². The summed E-state index contributed by atoms with van der Waals surface area (Å²) >= 11 is 3.82. The number of hydrogen-bond donors (Lipinski definition) is 0. The largest absolute Gasteiger partial charge is 0.140 e. The number of aryl methyl sites for hydroxylation is 2. The van der Waals surface area contributed by atoms with Crippen LogP contribution in [0.1, 0.15) is 9.75 Å². The van der Waals surface area contributed by atoms with Crippen LogP contribution in [0.4, 0.5) is 0 Å². The molecule has 0 saturated heterocycles. The summed E-state index contributed by atoms with van der Waals surface area (Å²) in [6.07, 6.45) is 0. The van der Waals surface area contributed by atoms with Crippen LogP contribution in [0.15, 0.2) is 36.4 Å². The molecule has 0 N–H and O–H groups in total. The maximum absolute atomic E-state index is 2.33. The molecule has 4 rings (SSSR count). The molecule has 0 saturated carbocycles. The Morgan fingerprint density at radius 2 is 1.11 bits per heavy atom. The van der Waals surface area contributed by atoms with Crippen molar-refractivity contribution >= 4 is 53.6 Å². The van der Waals surface area contributed by atoms with Gasteiger partial charge >= 0.3 is 0 Å². The van der Waals surface area contributed by atoms with Gasteiger partial charge in [-0.15, -0.1) is 22.7 Å². The summed E-state index contributed by atoms with van der Waals surface area (Å²) in [5.41, 5.74) is 0. The predicted molar refractivity (Wildman–Crippen MR) is 84.2 cm³/mol. The molecule has 0 spiro atoms. The average molecular weight is 268 g/mol. The number of hydrogen-bond acceptors (Lipinski definition) is 2. The van der Waals surface area contributed by atoms with Crippen molar-refractivity contribution in [3.63, 3.8) is 0 Å². The molecule has 4 aromatic rings. The topological polar surface area (TPSA) is 0 Å². The molecule has 2 heterocycles. The van der Waals surface area contributed by atoms with Gasteiger partial charge in [-0.3, -0.25) is 0 Å². The molecule has 0 atom stereocenters. The van der Waals surface area contributed by atoms with Gasteiger partial charge in [0.25, 0.3) is 0 Å². The zero-order valence-electron chi connectivity index (χ0n) is 10.3. The van der Waals surface area contributed by atoms with Crippen LogP contribution in [0.25, 0.3) is 30.9 Å². The van der Waals surface area contributed by atoms with Crippen molar-refractivity contribution in [3.05, 3.63) is 46.2 Å². The van der Waals surface area contributed by atoms with Crippen molar-refractivity contribution < 1.29 is 0 Å². The van der Waals surface area contributed by atoms with E-state index in [0.717, 1.165) is 0 Å². The maximum Gasteiger partial charge on any atom is 0.0431 e. The van der Waals surface area contributed by atoms with Crippen LogP contribution in [0.5, 0.6) is 0 Å². The molecule has 0 aliphatic rings. The fourth-order valence-corrected chi connectivity index (χ4v) is 4.84. The van der Waals surface area contributed by atoms with E-state index in [1.807, 2.05) is 22.7 Å². The lowest BCUT2D eigenvalue weighted by Crippen LogP contribution is -1.73. The molecule has 0 nitrogen and oxygen atoms in total. The Hall–Kier alpha value is -1.38. The van der Waals surface area contributed by atoms with Crippen molar-refractivity contribution in [1.82, 2.24) is 0 Å². The summed E-state index contributed by atoms with van der Waals surface area (Å²) in [7, 11) is 0. The minimum atomic E-state index is 1.39. The molecule has 0 fully saturated rings. The highest BCUT2D eigenvalue weighted by Gasteiger charge is 2.12. The molecule has 0 aliphatic carbocycles. The van der Waals surface area contributed by atoms with Crippen LogP contribution < -0.4 is 0 Å². The highest BCUT2D eigenvalue weighted by Crippen LogP contribution is 2.42. The van der Waals surface area contributed by atoms with Crippen molar-refractivity contribution in [2.24, 2.45) is 0 Å². The maximum atomic E-state index is 2.33. The molecule has 2 aromatic heterocycles. The lowest BCUT2D eigenvalue weighted by Gasteiger charge is -2.01. The van der Waals surface area contributed by atoms with Gasteiger partial charge in [-0.2, -0.15) is 0 Å². The van der Waals surface area contributed by atoms with Gasteiger partial charge < -0.3 is 0 Å². The number of rotatable bonds is 0. The molecule has 0 aliphatic heterocycles. The third kappa shape index (κ3) is 1.30. The van der Waals surface area contributed by atoms with E-state index in [2.05, 4.69) is 50.2 Å². The molecule has 2 aromatic carbocycles. The van der Waals surface area contributed by atoms with E-state index in [1.165, 1.54) is 40.7 Å². The summed E-state index contributed by atoms with van der Waals surface area (Å²) in [4.78, 5) is 2.79. The monoisotopic (exact) mass is 268 g/mol. The second kappa shape index (κ2) is 3.56. The predicted octanol–water partition coefficient (Wildman–Crippen LogP) is 5.89. The van der Waals surface area contributed by atoms with Gasteiger partial charge in [0, 0.05) is 40.7 Å². The van der Waals surface area contributed by atoms with Gasteiger partial charge in [-0.1, -0.05) is 24.3 Å². The fraction of sp³-hybridized carbons (Fsp3) is 0.125. The Labute approximate surface area is 113 Å². The molecule has 2 heteroatoms. The van der Waals surface area contributed by atoms with Gasteiger partial charge in [0.1, 0.15) is 0 Å². The third-order valence-corrected chi connectivity index (χ3v) is 5.58. The molecule has 88 valence electrons. The Morgan fingerprint density at radius 3 is 1.56 bits per heavy atom. The van der Waals surface area contributed by atoms with Crippen LogP contribution in [0, 0.1) is 13.8 Å². The summed E-state index contributed by atoms with van der Waals surface area (Å²) in [6, 6.07) is 13.5. The van der Waals surface area contributed by atoms with E-state index in [-0.39, 0.29) is 0 Å². The SMILES string of the molecule is Cc1cc2c3cc(C)sc3c3ccccc3c2s1. The summed E-state index contributed by atoms with van der Waals surface area (Å²) in [5.74, 6) is 0. The Morgan fingerprint density at radius 1 is 0.667 bits per heavy atom. The quantitative estimate of drug-likeness (QED) is 0.373. The third-order valence-electron chi connectivity index (χ3n) is 3.42. The first kappa shape index (κ1) is 10.5. The second-order valence-electron chi connectivity index (χ2n) is 4.75. The lowest BCUT2D eigenvalue weighted by molar-refractivity contribution is 1.65. The van der Waals surface area contributed by atoms with E-state index in [0.29, 0.717) is 0 Å². The Balaban J connectivity index is 2.44. The first-order chi connectivity index (χ1) is 8.74. The number of fused-ring (bicyclic) bond motifs is 6. The van der Waals surface area contributed by atoms with Crippen molar-refractivity contribution in [2.75, 3.05) is 0 Å². The van der Waals surface area contributed by atoms with Crippen LogP contribution in [0.2, 0.25) is 0 Å². The highest BCUT2D eigenvalue weighted by atomic mass is 32.1. The molecule has 0 amide bonds. The highest BCUT2D eigenvalue weighted by molar-refractivity contribution is 7.22. The Kier molecular flexibility index (Phi) is 2.08. The van der Waals surface area contributed by atoms with E-state index < -0.39 is 0 Å². The van der Waals surface area contributed by atoms with Crippen molar-refractivity contribution in [1.29, 1.82) is 0 Å². The number of thiophene rings is 2. The van der Waals surface area contributed by atoms with Gasteiger partial charge in [0.05, 0.1) is 0 Å². The molecule has 18 heavy (non-hydrogen) atoms. The fourth-order valence-electron chi connectivity index (χ4n) is 2.71. The summed E-state index contributed by atoms with van der Waals surface area (Å²) in [6.45, 7) is 4.40. The molecular formula is C16H12S2. The molecule has 0 radical (unpaired) electrons. The molecule has 0 unspecified atom stereocenters. The number of benzene rings is 2. The van der Waals surface area contributed by atoms with E-state index in [1.54, 1.807) is 0 Å². The first-order valence-electron chi connectivity index (χ1n) is 6.05. The Bertz CT molecular complexity index is 819. The summed E-state index contributed by atoms with van der Waals surface area (Å²) in [5, 5.41) is 5.66. The van der Waals surface area contributed by atoms with Crippen LogP contribution in [-0.2, 0) is 0 Å².